The zero-order valence-corrected chi connectivity index (χ0v) is 12.8. The average Bonchev–Trinajstić information content (AvgIpc) is 2.37. The van der Waals surface area contributed by atoms with Gasteiger partial charge in [-0.3, -0.25) is 4.84 Å². The molecule has 0 heterocycles. The van der Waals surface area contributed by atoms with E-state index in [9.17, 15) is 13.2 Å². The van der Waals surface area contributed by atoms with Gasteiger partial charge in [0.2, 0.25) is 0 Å². The van der Waals surface area contributed by atoms with Crippen LogP contribution in [0.2, 0.25) is 0 Å². The Morgan fingerprint density at radius 2 is 2.00 bits per heavy atom. The summed E-state index contributed by atoms with van der Waals surface area (Å²) in [5.41, 5.74) is 0.681. The lowest BCUT2D eigenvalue weighted by molar-refractivity contribution is 0.0600. The van der Waals surface area contributed by atoms with Gasteiger partial charge in [0, 0.05) is 0 Å². The highest BCUT2D eigenvalue weighted by Crippen LogP contribution is 2.17. The summed E-state index contributed by atoms with van der Waals surface area (Å²) in [7, 11) is -2.59. The highest BCUT2D eigenvalue weighted by atomic mass is 32.2. The van der Waals surface area contributed by atoms with Crippen molar-refractivity contribution in [3.63, 3.8) is 0 Å². The quantitative estimate of drug-likeness (QED) is 0.638. The molecule has 0 saturated carbocycles. The number of ether oxygens (including phenoxy) is 1. The molecule has 0 aromatic heterocycles. The molecule has 0 radical (unpaired) electrons. The summed E-state index contributed by atoms with van der Waals surface area (Å²) < 4.78 is 28.8. The van der Waals surface area contributed by atoms with Crippen LogP contribution in [0.4, 0.5) is 0 Å². The van der Waals surface area contributed by atoms with Crippen LogP contribution in [0, 0.1) is 12.8 Å². The van der Waals surface area contributed by atoms with Crippen LogP contribution in [0.25, 0.3) is 0 Å². The van der Waals surface area contributed by atoms with Crippen LogP contribution in [-0.4, -0.2) is 28.1 Å². The largest absolute Gasteiger partial charge is 0.465 e. The molecule has 0 fully saturated rings. The van der Waals surface area contributed by atoms with E-state index in [1.54, 1.807) is 13.0 Å². The van der Waals surface area contributed by atoms with E-state index >= 15 is 0 Å². The number of sulfonamides is 1. The molecule has 1 rings (SSSR count). The summed E-state index contributed by atoms with van der Waals surface area (Å²) >= 11 is 0. The summed E-state index contributed by atoms with van der Waals surface area (Å²) in [6.07, 6.45) is 0. The second-order valence-corrected chi connectivity index (χ2v) is 6.38. The first-order chi connectivity index (χ1) is 9.27. The second kappa shape index (κ2) is 6.83. The normalized spacial score (nSPS) is 11.7. The van der Waals surface area contributed by atoms with Gasteiger partial charge in [-0.15, -0.1) is 0 Å². The fourth-order valence-corrected chi connectivity index (χ4v) is 2.54. The molecule has 0 aliphatic carbocycles. The number of hydrogen-bond donors (Lipinski definition) is 1. The summed E-state index contributed by atoms with van der Waals surface area (Å²) in [5.74, 6) is -0.398. The molecule has 1 aromatic carbocycles. The topological polar surface area (TPSA) is 81.7 Å². The van der Waals surface area contributed by atoms with Crippen LogP contribution in [0.15, 0.2) is 23.1 Å². The van der Waals surface area contributed by atoms with Gasteiger partial charge in [-0.25, -0.2) is 13.2 Å². The molecule has 1 N–H and O–H groups in total. The second-order valence-electron chi connectivity index (χ2n) is 4.76. The summed E-state index contributed by atoms with van der Waals surface area (Å²) in [6, 6.07) is 4.32. The van der Waals surface area contributed by atoms with Crippen LogP contribution in [0.5, 0.6) is 0 Å². The van der Waals surface area contributed by atoms with Crippen molar-refractivity contribution in [3.05, 3.63) is 29.3 Å². The van der Waals surface area contributed by atoms with Gasteiger partial charge in [0.1, 0.15) is 0 Å². The Hall–Kier alpha value is -1.44. The molecular weight excluding hydrogens is 282 g/mol. The van der Waals surface area contributed by atoms with Crippen molar-refractivity contribution in [3.8, 4) is 0 Å². The van der Waals surface area contributed by atoms with Gasteiger partial charge in [-0.1, -0.05) is 24.8 Å². The lowest BCUT2D eigenvalue weighted by Gasteiger charge is -2.11. The standard InChI is InChI=1S/C13H19NO5S/c1-9(2)8-19-14-20(16,17)12-7-11(13(15)18-4)6-5-10(12)3/h5-7,9,14H,8H2,1-4H3. The lowest BCUT2D eigenvalue weighted by atomic mass is 10.1. The molecule has 0 saturated heterocycles. The molecule has 112 valence electrons. The van der Waals surface area contributed by atoms with Gasteiger partial charge in [-0.2, -0.15) is 0 Å². The van der Waals surface area contributed by atoms with Crippen molar-refractivity contribution in [1.29, 1.82) is 0 Å². The van der Waals surface area contributed by atoms with Gasteiger partial charge < -0.3 is 4.74 Å². The average molecular weight is 301 g/mol. The predicted octanol–water partition coefficient (Wildman–Crippen LogP) is 1.65. The van der Waals surface area contributed by atoms with E-state index in [0.717, 1.165) is 0 Å². The van der Waals surface area contributed by atoms with Crippen LogP contribution < -0.4 is 4.89 Å². The Balaban J connectivity index is 3.01. The summed E-state index contributed by atoms with van der Waals surface area (Å²) in [5, 5.41) is 0. The molecule has 0 aliphatic rings. The molecule has 0 bridgehead atoms. The Bertz CT molecular complexity index is 580. The predicted molar refractivity (Wildman–Crippen MR) is 73.6 cm³/mol. The number of rotatable bonds is 6. The van der Waals surface area contributed by atoms with Crippen LogP contribution in [0.1, 0.15) is 29.8 Å². The first-order valence-corrected chi connectivity index (χ1v) is 7.59. The van der Waals surface area contributed by atoms with E-state index in [1.807, 2.05) is 13.8 Å². The van der Waals surface area contributed by atoms with Crippen molar-refractivity contribution in [1.82, 2.24) is 4.89 Å². The molecular formula is C13H19NO5S. The molecule has 0 spiro atoms. The summed E-state index contributed by atoms with van der Waals surface area (Å²) in [4.78, 5) is 18.4. The molecule has 0 unspecified atom stereocenters. The fraction of sp³-hybridized carbons (Fsp3) is 0.462. The van der Waals surface area contributed by atoms with Gasteiger partial charge in [0.05, 0.1) is 24.2 Å². The van der Waals surface area contributed by atoms with Crippen molar-refractivity contribution in [2.24, 2.45) is 5.92 Å². The van der Waals surface area contributed by atoms with Crippen LogP contribution in [0.3, 0.4) is 0 Å². The zero-order chi connectivity index (χ0) is 15.3. The first kappa shape index (κ1) is 16.6. The molecule has 20 heavy (non-hydrogen) atoms. The minimum absolute atomic E-state index is 0.0100. The SMILES string of the molecule is COC(=O)c1ccc(C)c(S(=O)(=O)NOCC(C)C)c1. The van der Waals surface area contributed by atoms with Gasteiger partial charge in [0.15, 0.2) is 0 Å². The number of hydrogen-bond acceptors (Lipinski definition) is 5. The third-order valence-corrected chi connectivity index (χ3v) is 3.84. The smallest absolute Gasteiger partial charge is 0.337 e. The van der Waals surface area contributed by atoms with Gasteiger partial charge in [0.25, 0.3) is 10.0 Å². The van der Waals surface area contributed by atoms with Crippen molar-refractivity contribution >= 4 is 16.0 Å². The maximum absolute atomic E-state index is 12.1. The Kier molecular flexibility index (Phi) is 5.67. The molecule has 1 aromatic rings. The number of carbonyl (C=O) groups is 1. The van der Waals surface area contributed by atoms with E-state index in [4.69, 9.17) is 4.84 Å². The fourth-order valence-electron chi connectivity index (χ4n) is 1.46. The minimum Gasteiger partial charge on any atom is -0.465 e. The highest BCUT2D eigenvalue weighted by Gasteiger charge is 2.19. The first-order valence-electron chi connectivity index (χ1n) is 6.10. The molecule has 0 atom stereocenters. The van der Waals surface area contributed by atoms with E-state index in [-0.39, 0.29) is 23.0 Å². The van der Waals surface area contributed by atoms with Crippen molar-refractivity contribution < 1.29 is 22.8 Å². The highest BCUT2D eigenvalue weighted by molar-refractivity contribution is 7.89. The number of esters is 1. The zero-order valence-electron chi connectivity index (χ0n) is 12.0. The van der Waals surface area contributed by atoms with E-state index in [1.165, 1.54) is 19.2 Å². The molecule has 7 heteroatoms. The van der Waals surface area contributed by atoms with Crippen molar-refractivity contribution in [2.45, 2.75) is 25.7 Å². The van der Waals surface area contributed by atoms with Gasteiger partial charge >= 0.3 is 5.97 Å². The third kappa shape index (κ3) is 4.29. The van der Waals surface area contributed by atoms with E-state index < -0.39 is 16.0 Å². The van der Waals surface area contributed by atoms with Crippen LogP contribution >= 0.6 is 0 Å². The monoisotopic (exact) mass is 301 g/mol. The van der Waals surface area contributed by atoms with Crippen LogP contribution in [-0.2, 0) is 19.6 Å². The maximum atomic E-state index is 12.1. The number of carbonyl (C=O) groups excluding carboxylic acids is 1. The molecule has 0 amide bonds. The van der Waals surface area contributed by atoms with E-state index in [2.05, 4.69) is 9.62 Å². The van der Waals surface area contributed by atoms with E-state index in [0.29, 0.717) is 5.56 Å². The molecule has 6 nitrogen and oxygen atoms in total. The lowest BCUT2D eigenvalue weighted by Crippen LogP contribution is -2.26. The van der Waals surface area contributed by atoms with Crippen molar-refractivity contribution in [2.75, 3.05) is 13.7 Å². The number of benzene rings is 1. The Labute approximate surface area is 119 Å². The Morgan fingerprint density at radius 1 is 1.35 bits per heavy atom. The third-order valence-electron chi connectivity index (χ3n) is 2.48. The molecule has 0 aliphatic heterocycles. The summed E-state index contributed by atoms with van der Waals surface area (Å²) in [6.45, 7) is 5.70. The maximum Gasteiger partial charge on any atom is 0.337 e. The number of nitrogens with one attached hydrogen (secondary N) is 1. The Morgan fingerprint density at radius 3 is 2.55 bits per heavy atom. The minimum atomic E-state index is -3.83. The number of aryl methyl sites for hydroxylation is 1. The number of methoxy groups -OCH3 is 1. The van der Waals surface area contributed by atoms with Gasteiger partial charge in [-0.05, 0) is 30.5 Å².